The van der Waals surface area contributed by atoms with E-state index in [2.05, 4.69) is 22.2 Å². The average molecular weight is 465 g/mol. The second kappa shape index (κ2) is 10.1. The smallest absolute Gasteiger partial charge is 0.352 e. The number of nitrogens with zero attached hydrogens (tertiary/aromatic N) is 3. The monoisotopic (exact) mass is 464 g/mol. The molecule has 2 aromatic heterocycles. The molecule has 3 N–H and O–H groups in total. The number of nitrogens with one attached hydrogen (secondary N) is 1. The highest BCUT2D eigenvalue weighted by molar-refractivity contribution is 6.30. The van der Waals surface area contributed by atoms with Crippen LogP contribution < -0.4 is 5.32 Å². The van der Waals surface area contributed by atoms with Crippen LogP contribution in [0.5, 0.6) is 0 Å². The number of benzene rings is 2. The Morgan fingerprint density at radius 1 is 1.18 bits per heavy atom. The molecule has 0 aliphatic rings. The van der Waals surface area contributed by atoms with Gasteiger partial charge >= 0.3 is 5.97 Å². The van der Waals surface area contributed by atoms with E-state index < -0.39 is 12.1 Å². The number of carbonyl (C=O) groups is 1. The molecule has 2 atom stereocenters. The molecule has 8 heteroatoms. The highest BCUT2D eigenvalue weighted by Crippen LogP contribution is 2.24. The Balaban J connectivity index is 1.47. The van der Waals surface area contributed by atoms with Crippen LogP contribution in [0.4, 0.5) is 0 Å². The van der Waals surface area contributed by atoms with Gasteiger partial charge in [0, 0.05) is 34.7 Å². The number of halogens is 1. The Kier molecular flexibility index (Phi) is 7.03. The molecule has 7 nitrogen and oxygen atoms in total. The van der Waals surface area contributed by atoms with E-state index in [9.17, 15) is 15.0 Å². The van der Waals surface area contributed by atoms with Crippen LogP contribution in [-0.2, 0) is 13.0 Å². The lowest BCUT2D eigenvalue weighted by Gasteiger charge is -2.18. The highest BCUT2D eigenvalue weighted by Gasteiger charge is 2.16. The molecule has 0 unspecified atom stereocenters. The predicted octanol–water partition coefficient (Wildman–Crippen LogP) is 4.09. The van der Waals surface area contributed by atoms with E-state index in [4.69, 9.17) is 11.6 Å². The summed E-state index contributed by atoms with van der Waals surface area (Å²) < 4.78 is 1.76. The van der Waals surface area contributed by atoms with E-state index in [0.717, 1.165) is 34.1 Å². The van der Waals surface area contributed by atoms with Crippen molar-refractivity contribution in [3.8, 4) is 0 Å². The minimum absolute atomic E-state index is 0.110. The van der Waals surface area contributed by atoms with Crippen LogP contribution in [-0.4, -0.2) is 43.3 Å². The van der Waals surface area contributed by atoms with Crippen molar-refractivity contribution in [2.24, 2.45) is 0 Å². The average Bonchev–Trinajstić information content (AvgIpc) is 3.16. The maximum atomic E-state index is 11.8. The fraction of sp³-hybridized carbons (Fsp3) is 0.240. The van der Waals surface area contributed by atoms with Gasteiger partial charge < -0.3 is 20.1 Å². The zero-order chi connectivity index (χ0) is 23.4. The molecule has 0 saturated carbocycles. The Hall–Kier alpha value is -3.26. The molecule has 0 aliphatic carbocycles. The van der Waals surface area contributed by atoms with Crippen molar-refractivity contribution in [1.29, 1.82) is 0 Å². The lowest BCUT2D eigenvalue weighted by molar-refractivity contribution is 0.0686. The second-order valence-electron chi connectivity index (χ2n) is 8.10. The van der Waals surface area contributed by atoms with Crippen molar-refractivity contribution in [2.75, 3.05) is 6.54 Å². The SMILES string of the molecule is C[C@H](Cc1ccc2c(c1)cc(C(=O)O)n2Cc1ccncn1)NC[C@H](O)c1cccc(Cl)c1. The van der Waals surface area contributed by atoms with Gasteiger partial charge in [-0.05, 0) is 60.9 Å². The minimum atomic E-state index is -0.980. The Morgan fingerprint density at radius 3 is 2.76 bits per heavy atom. The highest BCUT2D eigenvalue weighted by atomic mass is 35.5. The predicted molar refractivity (Wildman–Crippen MR) is 128 cm³/mol. The van der Waals surface area contributed by atoms with Gasteiger partial charge in [-0.15, -0.1) is 0 Å². The van der Waals surface area contributed by atoms with E-state index in [1.54, 1.807) is 35.0 Å². The Morgan fingerprint density at radius 2 is 2.03 bits per heavy atom. The summed E-state index contributed by atoms with van der Waals surface area (Å²) in [5, 5.41) is 24.9. The van der Waals surface area contributed by atoms with Crippen molar-refractivity contribution in [2.45, 2.75) is 32.0 Å². The molecular weight excluding hydrogens is 440 g/mol. The van der Waals surface area contributed by atoms with E-state index in [-0.39, 0.29) is 11.7 Å². The van der Waals surface area contributed by atoms with Gasteiger partial charge in [0.1, 0.15) is 12.0 Å². The molecule has 0 aliphatic heterocycles. The van der Waals surface area contributed by atoms with Gasteiger partial charge in [-0.3, -0.25) is 0 Å². The summed E-state index contributed by atoms with van der Waals surface area (Å²) in [6.45, 7) is 2.81. The van der Waals surface area contributed by atoms with Crippen LogP contribution in [0.3, 0.4) is 0 Å². The Labute approximate surface area is 196 Å². The molecule has 4 rings (SSSR count). The number of carboxylic acids is 1. The normalized spacial score (nSPS) is 13.2. The van der Waals surface area contributed by atoms with Gasteiger partial charge in [0.05, 0.1) is 18.3 Å². The minimum Gasteiger partial charge on any atom is -0.477 e. The molecule has 0 fully saturated rings. The van der Waals surface area contributed by atoms with Crippen molar-refractivity contribution in [3.05, 3.63) is 94.7 Å². The molecule has 0 amide bonds. The summed E-state index contributed by atoms with van der Waals surface area (Å²) in [7, 11) is 0. The molecule has 4 aromatic rings. The molecular formula is C25H25ClN4O3. The largest absolute Gasteiger partial charge is 0.477 e. The number of rotatable bonds is 9. The molecule has 0 bridgehead atoms. The number of hydrogen-bond acceptors (Lipinski definition) is 5. The van der Waals surface area contributed by atoms with Crippen molar-refractivity contribution in [1.82, 2.24) is 19.9 Å². The van der Waals surface area contributed by atoms with Crippen LogP contribution in [0.25, 0.3) is 10.9 Å². The summed E-state index contributed by atoms with van der Waals surface area (Å²) in [4.78, 5) is 20.0. The van der Waals surface area contributed by atoms with Gasteiger partial charge in [0.15, 0.2) is 0 Å². The quantitative estimate of drug-likeness (QED) is 0.345. The van der Waals surface area contributed by atoms with Gasteiger partial charge in [-0.25, -0.2) is 14.8 Å². The Bertz CT molecular complexity index is 1260. The van der Waals surface area contributed by atoms with Crippen LogP contribution in [0, 0.1) is 0 Å². The first-order chi connectivity index (χ1) is 15.9. The third-order valence-electron chi connectivity index (χ3n) is 5.58. The summed E-state index contributed by atoms with van der Waals surface area (Å²) >= 11 is 6.01. The lowest BCUT2D eigenvalue weighted by Crippen LogP contribution is -2.32. The number of hydrogen-bond donors (Lipinski definition) is 3. The number of aliphatic hydroxyl groups excluding tert-OH is 1. The van der Waals surface area contributed by atoms with Crippen LogP contribution in [0.1, 0.15) is 40.3 Å². The molecule has 2 aromatic carbocycles. The zero-order valence-corrected chi connectivity index (χ0v) is 18.9. The van der Waals surface area contributed by atoms with E-state index in [1.165, 1.54) is 6.33 Å². The summed E-state index contributed by atoms with van der Waals surface area (Å²) in [6.07, 6.45) is 3.18. The summed E-state index contributed by atoms with van der Waals surface area (Å²) in [6, 6.07) is 16.8. The maximum Gasteiger partial charge on any atom is 0.352 e. The molecule has 33 heavy (non-hydrogen) atoms. The molecule has 0 saturated heterocycles. The third-order valence-corrected chi connectivity index (χ3v) is 5.82. The summed E-state index contributed by atoms with van der Waals surface area (Å²) in [5.41, 5.74) is 3.65. The second-order valence-corrected chi connectivity index (χ2v) is 8.54. The van der Waals surface area contributed by atoms with Gasteiger partial charge in [0.2, 0.25) is 0 Å². The van der Waals surface area contributed by atoms with Crippen molar-refractivity contribution in [3.63, 3.8) is 0 Å². The van der Waals surface area contributed by atoms with Gasteiger partial charge in [0.25, 0.3) is 0 Å². The number of aromatic carboxylic acids is 1. The topological polar surface area (TPSA) is 100 Å². The molecule has 170 valence electrons. The van der Waals surface area contributed by atoms with E-state index >= 15 is 0 Å². The fourth-order valence-corrected chi connectivity index (χ4v) is 4.14. The summed E-state index contributed by atoms with van der Waals surface area (Å²) in [5.74, 6) is -0.980. The first kappa shape index (κ1) is 22.9. The van der Waals surface area contributed by atoms with Crippen molar-refractivity contribution < 1.29 is 15.0 Å². The van der Waals surface area contributed by atoms with E-state index in [1.807, 2.05) is 30.3 Å². The zero-order valence-electron chi connectivity index (χ0n) is 18.1. The maximum absolute atomic E-state index is 11.8. The number of aliphatic hydroxyl groups is 1. The number of fused-ring (bicyclic) bond motifs is 1. The van der Waals surface area contributed by atoms with Gasteiger partial charge in [-0.2, -0.15) is 0 Å². The molecule has 2 heterocycles. The lowest BCUT2D eigenvalue weighted by atomic mass is 10.0. The molecule has 0 spiro atoms. The van der Waals surface area contributed by atoms with Crippen LogP contribution in [0.2, 0.25) is 5.02 Å². The fourth-order valence-electron chi connectivity index (χ4n) is 3.94. The first-order valence-electron chi connectivity index (χ1n) is 10.7. The van der Waals surface area contributed by atoms with Crippen molar-refractivity contribution >= 4 is 28.5 Å². The van der Waals surface area contributed by atoms with Crippen LogP contribution >= 0.6 is 11.6 Å². The number of carboxylic acid groups (broad SMARTS) is 1. The number of aromatic nitrogens is 3. The van der Waals surface area contributed by atoms with Crippen LogP contribution in [0.15, 0.2) is 67.1 Å². The first-order valence-corrected chi connectivity index (χ1v) is 11.1. The van der Waals surface area contributed by atoms with Gasteiger partial charge in [-0.1, -0.05) is 29.8 Å². The third kappa shape index (κ3) is 5.57. The standard InChI is InChI=1S/C25H25ClN4O3/c1-16(28-13-24(31)18-3-2-4-20(26)11-18)9-17-5-6-22-19(10-17)12-23(25(32)33)30(22)14-21-7-8-27-15-29-21/h2-8,10-12,15-16,24,28,31H,9,13-14H2,1H3,(H,32,33)/t16-,24+/m1/s1. The molecule has 0 radical (unpaired) electrons. The van der Waals surface area contributed by atoms with E-state index in [0.29, 0.717) is 18.1 Å².